The summed E-state index contributed by atoms with van der Waals surface area (Å²) >= 11 is 1.76. The van der Waals surface area contributed by atoms with E-state index >= 15 is 0 Å². The fraction of sp³-hybridized carbons (Fsp3) is 0.417. The van der Waals surface area contributed by atoms with Gasteiger partial charge in [-0.25, -0.2) is 0 Å². The van der Waals surface area contributed by atoms with Crippen molar-refractivity contribution in [1.29, 1.82) is 0 Å². The molecule has 2 aromatic rings. The maximum absolute atomic E-state index is 6.12. The Morgan fingerprint density at radius 2 is 2.12 bits per heavy atom. The molecule has 0 amide bonds. The van der Waals surface area contributed by atoms with E-state index in [0.717, 1.165) is 5.56 Å². The third kappa shape index (κ3) is 2.18. The number of nitrogens with zero attached hydrogens (tertiary/aromatic N) is 2. The molecule has 2 N–H and O–H groups in total. The Kier molecular flexibility index (Phi) is 3.12. The average Bonchev–Trinajstić information content (AvgIpc) is 2.84. The predicted molar refractivity (Wildman–Crippen MR) is 68.3 cm³/mol. The van der Waals surface area contributed by atoms with E-state index in [0.29, 0.717) is 5.92 Å². The first-order valence-electron chi connectivity index (χ1n) is 5.42. The van der Waals surface area contributed by atoms with Crippen LogP contribution in [0.5, 0.6) is 0 Å². The van der Waals surface area contributed by atoms with E-state index in [4.69, 9.17) is 5.73 Å². The minimum atomic E-state index is 0.135. The molecule has 1 atom stereocenters. The van der Waals surface area contributed by atoms with Gasteiger partial charge in [-0.05, 0) is 18.1 Å². The van der Waals surface area contributed by atoms with Gasteiger partial charge in [-0.2, -0.15) is 5.10 Å². The van der Waals surface area contributed by atoms with Crippen LogP contribution in [0.15, 0.2) is 24.5 Å². The summed E-state index contributed by atoms with van der Waals surface area (Å²) in [4.78, 5) is 2.48. The van der Waals surface area contributed by atoms with Crippen LogP contribution in [0.4, 0.5) is 0 Å². The molecule has 0 aromatic carbocycles. The molecule has 16 heavy (non-hydrogen) atoms. The molecular weight excluding hydrogens is 218 g/mol. The second kappa shape index (κ2) is 4.39. The summed E-state index contributed by atoms with van der Waals surface area (Å²) in [7, 11) is 1.93. The summed E-state index contributed by atoms with van der Waals surface area (Å²) in [5.74, 6) is 0.473. The van der Waals surface area contributed by atoms with Crippen molar-refractivity contribution in [3.8, 4) is 10.4 Å². The van der Waals surface area contributed by atoms with Crippen LogP contribution in [0.2, 0.25) is 0 Å². The molecule has 2 rings (SSSR count). The molecule has 1 unspecified atom stereocenters. The number of nitrogens with two attached hydrogens (primary N) is 1. The molecule has 0 saturated carbocycles. The lowest BCUT2D eigenvalue weighted by Crippen LogP contribution is -2.14. The first-order chi connectivity index (χ1) is 7.58. The zero-order chi connectivity index (χ0) is 11.7. The first-order valence-corrected chi connectivity index (χ1v) is 6.24. The number of hydrogen-bond donors (Lipinski definition) is 1. The second-order valence-corrected chi connectivity index (χ2v) is 5.49. The highest BCUT2D eigenvalue weighted by Crippen LogP contribution is 2.32. The van der Waals surface area contributed by atoms with Gasteiger partial charge in [0.25, 0.3) is 0 Å². The smallest absolute Gasteiger partial charge is 0.0576 e. The van der Waals surface area contributed by atoms with E-state index < -0.39 is 0 Å². The Labute approximate surface area is 99.9 Å². The quantitative estimate of drug-likeness (QED) is 0.889. The molecule has 3 nitrogen and oxygen atoms in total. The van der Waals surface area contributed by atoms with Crippen LogP contribution in [-0.4, -0.2) is 9.78 Å². The molecule has 86 valence electrons. The summed E-state index contributed by atoms with van der Waals surface area (Å²) in [5, 5.41) is 4.17. The van der Waals surface area contributed by atoms with Crippen LogP contribution in [0.1, 0.15) is 24.8 Å². The fourth-order valence-corrected chi connectivity index (χ4v) is 2.72. The van der Waals surface area contributed by atoms with Gasteiger partial charge in [0.1, 0.15) is 0 Å². The molecule has 0 bridgehead atoms. The fourth-order valence-electron chi connectivity index (χ4n) is 1.56. The zero-order valence-electron chi connectivity index (χ0n) is 9.84. The summed E-state index contributed by atoms with van der Waals surface area (Å²) in [6.45, 7) is 4.29. The van der Waals surface area contributed by atoms with E-state index in [9.17, 15) is 0 Å². The van der Waals surface area contributed by atoms with Gasteiger partial charge in [-0.3, -0.25) is 4.68 Å². The standard InChI is InChI=1S/C12H17N3S/c1-8(2)12(13)11-5-4-10(16-11)9-6-14-15(3)7-9/h4-8,12H,13H2,1-3H3. The van der Waals surface area contributed by atoms with Crippen LogP contribution in [0.3, 0.4) is 0 Å². The molecule has 0 aliphatic heterocycles. The third-order valence-electron chi connectivity index (χ3n) is 2.66. The Bertz CT molecular complexity index is 470. The second-order valence-electron chi connectivity index (χ2n) is 4.37. The van der Waals surface area contributed by atoms with Crippen molar-refractivity contribution in [1.82, 2.24) is 9.78 Å². The molecule has 0 aliphatic rings. The monoisotopic (exact) mass is 235 g/mol. The number of hydrogen-bond acceptors (Lipinski definition) is 3. The minimum absolute atomic E-state index is 0.135. The SMILES string of the molecule is CC(C)C(N)c1ccc(-c2cnn(C)c2)s1. The van der Waals surface area contributed by atoms with Crippen molar-refractivity contribution >= 4 is 11.3 Å². The van der Waals surface area contributed by atoms with Crippen LogP contribution < -0.4 is 5.73 Å². The zero-order valence-corrected chi connectivity index (χ0v) is 10.7. The van der Waals surface area contributed by atoms with Crippen molar-refractivity contribution < 1.29 is 0 Å². The minimum Gasteiger partial charge on any atom is -0.323 e. The van der Waals surface area contributed by atoms with Crippen molar-refractivity contribution in [3.63, 3.8) is 0 Å². The largest absolute Gasteiger partial charge is 0.323 e. The molecule has 2 aromatic heterocycles. The van der Waals surface area contributed by atoms with E-state index in [2.05, 4.69) is 31.1 Å². The Balaban J connectivity index is 2.26. The van der Waals surface area contributed by atoms with E-state index in [1.165, 1.54) is 9.75 Å². The number of rotatable bonds is 3. The molecule has 2 heterocycles. The highest BCUT2D eigenvalue weighted by atomic mass is 32.1. The van der Waals surface area contributed by atoms with Crippen LogP contribution in [0.25, 0.3) is 10.4 Å². The molecule has 0 radical (unpaired) electrons. The lowest BCUT2D eigenvalue weighted by atomic mass is 10.0. The third-order valence-corrected chi connectivity index (χ3v) is 3.90. The van der Waals surface area contributed by atoms with Gasteiger partial charge in [-0.15, -0.1) is 11.3 Å². The maximum Gasteiger partial charge on any atom is 0.0576 e. The van der Waals surface area contributed by atoms with E-state index in [1.54, 1.807) is 11.3 Å². The van der Waals surface area contributed by atoms with E-state index in [-0.39, 0.29) is 6.04 Å². The van der Waals surface area contributed by atoms with Crippen LogP contribution in [-0.2, 0) is 7.05 Å². The summed E-state index contributed by atoms with van der Waals surface area (Å²) in [6, 6.07) is 4.38. The van der Waals surface area contributed by atoms with Gasteiger partial charge >= 0.3 is 0 Å². The van der Waals surface area contributed by atoms with Gasteiger partial charge in [0.05, 0.1) is 6.20 Å². The molecule has 0 saturated heterocycles. The molecule has 0 aliphatic carbocycles. The number of aryl methyl sites for hydroxylation is 1. The molecule has 0 fully saturated rings. The Morgan fingerprint density at radius 3 is 2.69 bits per heavy atom. The van der Waals surface area contributed by atoms with Gasteiger partial charge in [-0.1, -0.05) is 13.8 Å². The summed E-state index contributed by atoms with van der Waals surface area (Å²) in [5.41, 5.74) is 7.29. The average molecular weight is 235 g/mol. The lowest BCUT2D eigenvalue weighted by molar-refractivity contribution is 0.521. The van der Waals surface area contributed by atoms with Crippen molar-refractivity contribution in [2.75, 3.05) is 0 Å². The van der Waals surface area contributed by atoms with Gasteiger partial charge in [0, 0.05) is 34.6 Å². The lowest BCUT2D eigenvalue weighted by Gasteiger charge is -2.12. The topological polar surface area (TPSA) is 43.8 Å². The van der Waals surface area contributed by atoms with Crippen LogP contribution in [0, 0.1) is 5.92 Å². The number of thiophene rings is 1. The van der Waals surface area contributed by atoms with Crippen LogP contribution >= 0.6 is 11.3 Å². The van der Waals surface area contributed by atoms with Crippen molar-refractivity contribution in [2.45, 2.75) is 19.9 Å². The molecule has 0 spiro atoms. The number of aromatic nitrogens is 2. The van der Waals surface area contributed by atoms with E-state index in [1.807, 2.05) is 24.1 Å². The van der Waals surface area contributed by atoms with Crippen molar-refractivity contribution in [3.05, 3.63) is 29.4 Å². The van der Waals surface area contributed by atoms with Gasteiger partial charge < -0.3 is 5.73 Å². The Hall–Kier alpha value is -1.13. The summed E-state index contributed by atoms with van der Waals surface area (Å²) in [6.07, 6.45) is 3.91. The molecular formula is C12H17N3S. The summed E-state index contributed by atoms with van der Waals surface area (Å²) < 4.78 is 1.82. The predicted octanol–water partition coefficient (Wildman–Crippen LogP) is 2.80. The first kappa shape index (κ1) is 11.4. The molecule has 4 heteroatoms. The highest BCUT2D eigenvalue weighted by Gasteiger charge is 2.13. The maximum atomic E-state index is 6.12. The van der Waals surface area contributed by atoms with Gasteiger partial charge in [0.2, 0.25) is 0 Å². The normalized spacial score (nSPS) is 13.3. The Morgan fingerprint density at radius 1 is 1.38 bits per heavy atom. The highest BCUT2D eigenvalue weighted by molar-refractivity contribution is 7.15. The van der Waals surface area contributed by atoms with Crippen molar-refractivity contribution in [2.24, 2.45) is 18.7 Å². The van der Waals surface area contributed by atoms with Gasteiger partial charge in [0.15, 0.2) is 0 Å².